The number of amides is 1. The SMILES string of the molecule is O=C(Nc1cn[nH]c1)c1cc(Cl)c2c(c1)OCCO2. The first-order valence-corrected chi connectivity index (χ1v) is 6.01. The molecule has 0 spiro atoms. The van der Waals surface area contributed by atoms with Gasteiger partial charge in [0.1, 0.15) is 13.2 Å². The van der Waals surface area contributed by atoms with Gasteiger partial charge in [-0.15, -0.1) is 0 Å². The third-order valence-electron chi connectivity index (χ3n) is 2.62. The topological polar surface area (TPSA) is 76.2 Å². The lowest BCUT2D eigenvalue weighted by Crippen LogP contribution is -2.17. The Kier molecular flexibility index (Phi) is 3.00. The number of halogens is 1. The second-order valence-electron chi connectivity index (χ2n) is 3.92. The summed E-state index contributed by atoms with van der Waals surface area (Å²) in [6, 6.07) is 3.15. The summed E-state index contributed by atoms with van der Waals surface area (Å²) >= 11 is 6.07. The molecule has 19 heavy (non-hydrogen) atoms. The molecule has 3 rings (SSSR count). The summed E-state index contributed by atoms with van der Waals surface area (Å²) in [4.78, 5) is 12.0. The van der Waals surface area contributed by atoms with E-state index in [2.05, 4.69) is 15.5 Å². The van der Waals surface area contributed by atoms with Crippen LogP contribution in [-0.2, 0) is 0 Å². The van der Waals surface area contributed by atoms with Gasteiger partial charge in [-0.05, 0) is 12.1 Å². The second-order valence-corrected chi connectivity index (χ2v) is 4.33. The molecule has 1 aromatic carbocycles. The van der Waals surface area contributed by atoms with Crippen LogP contribution in [0.3, 0.4) is 0 Å². The number of aromatic nitrogens is 2. The normalized spacial score (nSPS) is 13.1. The Balaban J connectivity index is 1.88. The molecule has 0 radical (unpaired) electrons. The van der Waals surface area contributed by atoms with E-state index in [4.69, 9.17) is 21.1 Å². The minimum atomic E-state index is -0.291. The van der Waals surface area contributed by atoms with E-state index in [0.717, 1.165) is 0 Å². The maximum absolute atomic E-state index is 12.0. The minimum Gasteiger partial charge on any atom is -0.486 e. The zero-order valence-corrected chi connectivity index (χ0v) is 10.5. The van der Waals surface area contributed by atoms with Crippen LogP contribution in [0.5, 0.6) is 11.5 Å². The summed E-state index contributed by atoms with van der Waals surface area (Å²) in [6.45, 7) is 0.892. The van der Waals surface area contributed by atoms with E-state index in [9.17, 15) is 4.79 Å². The monoisotopic (exact) mass is 279 g/mol. The molecule has 0 aliphatic carbocycles. The molecule has 1 aliphatic heterocycles. The van der Waals surface area contributed by atoms with E-state index in [-0.39, 0.29) is 5.91 Å². The number of aromatic amines is 1. The highest BCUT2D eigenvalue weighted by Gasteiger charge is 2.19. The van der Waals surface area contributed by atoms with Gasteiger partial charge >= 0.3 is 0 Å². The molecule has 0 atom stereocenters. The molecule has 2 N–H and O–H groups in total. The van der Waals surface area contributed by atoms with E-state index < -0.39 is 0 Å². The first kappa shape index (κ1) is 11.9. The van der Waals surface area contributed by atoms with Crippen molar-refractivity contribution in [2.45, 2.75) is 0 Å². The lowest BCUT2D eigenvalue weighted by Gasteiger charge is -2.20. The smallest absolute Gasteiger partial charge is 0.255 e. The molecule has 1 amide bonds. The number of carbonyl (C=O) groups excluding carboxylic acids is 1. The van der Waals surface area contributed by atoms with Gasteiger partial charge in [0, 0.05) is 11.8 Å². The number of hydrogen-bond donors (Lipinski definition) is 2. The lowest BCUT2D eigenvalue weighted by atomic mass is 10.1. The zero-order chi connectivity index (χ0) is 13.2. The molecule has 2 heterocycles. The van der Waals surface area contributed by atoms with Crippen molar-refractivity contribution in [1.82, 2.24) is 10.2 Å². The van der Waals surface area contributed by atoms with Crippen molar-refractivity contribution >= 4 is 23.2 Å². The summed E-state index contributed by atoms with van der Waals surface area (Å²) < 4.78 is 10.8. The van der Waals surface area contributed by atoms with Gasteiger partial charge in [-0.3, -0.25) is 9.89 Å². The number of anilines is 1. The van der Waals surface area contributed by atoms with Gasteiger partial charge in [-0.25, -0.2) is 0 Å². The van der Waals surface area contributed by atoms with E-state index in [1.807, 2.05) is 0 Å². The van der Waals surface area contributed by atoms with Crippen LogP contribution in [0.4, 0.5) is 5.69 Å². The molecule has 0 saturated heterocycles. The highest BCUT2D eigenvalue weighted by atomic mass is 35.5. The molecule has 0 unspecified atom stereocenters. The minimum absolute atomic E-state index is 0.291. The Morgan fingerprint density at radius 1 is 1.37 bits per heavy atom. The maximum Gasteiger partial charge on any atom is 0.255 e. The van der Waals surface area contributed by atoms with Crippen LogP contribution in [-0.4, -0.2) is 29.3 Å². The summed E-state index contributed by atoms with van der Waals surface area (Å²) in [6.07, 6.45) is 3.09. The fourth-order valence-corrected chi connectivity index (χ4v) is 2.03. The summed E-state index contributed by atoms with van der Waals surface area (Å²) in [7, 11) is 0. The number of benzene rings is 1. The molecule has 1 aliphatic rings. The van der Waals surface area contributed by atoms with Gasteiger partial charge in [0.05, 0.1) is 16.9 Å². The molecule has 98 valence electrons. The van der Waals surface area contributed by atoms with Gasteiger partial charge in [0.25, 0.3) is 5.91 Å². The first-order valence-electron chi connectivity index (χ1n) is 5.63. The number of carbonyl (C=O) groups is 1. The molecule has 1 aromatic heterocycles. The lowest BCUT2D eigenvalue weighted by molar-refractivity contribution is 0.102. The van der Waals surface area contributed by atoms with E-state index >= 15 is 0 Å². The van der Waals surface area contributed by atoms with Gasteiger partial charge in [-0.2, -0.15) is 5.10 Å². The predicted molar refractivity (Wildman–Crippen MR) is 69.0 cm³/mol. The van der Waals surface area contributed by atoms with Crippen LogP contribution in [0.15, 0.2) is 24.5 Å². The molecule has 0 saturated carbocycles. The first-order chi connectivity index (χ1) is 9.24. The number of nitrogens with zero attached hydrogens (tertiary/aromatic N) is 1. The Morgan fingerprint density at radius 3 is 3.00 bits per heavy atom. The summed E-state index contributed by atoms with van der Waals surface area (Å²) in [5, 5.41) is 9.40. The van der Waals surface area contributed by atoms with Crippen LogP contribution in [0.2, 0.25) is 5.02 Å². The van der Waals surface area contributed by atoms with Crippen LogP contribution in [0, 0.1) is 0 Å². The van der Waals surface area contributed by atoms with Crippen LogP contribution < -0.4 is 14.8 Å². The standard InChI is InChI=1S/C12H10ClN3O3/c13-9-3-7(4-10-11(9)19-2-1-18-10)12(17)16-8-5-14-15-6-8/h3-6H,1-2H2,(H,14,15)(H,16,17). The van der Waals surface area contributed by atoms with Gasteiger partial charge in [0.2, 0.25) is 0 Å². The number of hydrogen-bond acceptors (Lipinski definition) is 4. The Bertz CT molecular complexity index is 613. The molecule has 0 fully saturated rings. The average Bonchev–Trinajstić information content (AvgIpc) is 2.91. The highest BCUT2D eigenvalue weighted by molar-refractivity contribution is 6.32. The van der Waals surface area contributed by atoms with Crippen molar-refractivity contribution in [3.63, 3.8) is 0 Å². The van der Waals surface area contributed by atoms with E-state index in [1.165, 1.54) is 6.20 Å². The molecular weight excluding hydrogens is 270 g/mol. The number of nitrogens with one attached hydrogen (secondary N) is 2. The Morgan fingerprint density at radius 2 is 2.21 bits per heavy atom. The molecule has 7 heteroatoms. The van der Waals surface area contributed by atoms with Crippen molar-refractivity contribution in [2.75, 3.05) is 18.5 Å². The highest BCUT2D eigenvalue weighted by Crippen LogP contribution is 2.38. The van der Waals surface area contributed by atoms with Crippen molar-refractivity contribution < 1.29 is 14.3 Å². The maximum atomic E-state index is 12.0. The molecule has 6 nitrogen and oxygen atoms in total. The van der Waals surface area contributed by atoms with Gasteiger partial charge in [0.15, 0.2) is 11.5 Å². The van der Waals surface area contributed by atoms with Gasteiger partial charge < -0.3 is 14.8 Å². The number of rotatable bonds is 2. The molecule has 0 bridgehead atoms. The predicted octanol–water partition coefficient (Wildman–Crippen LogP) is 2.09. The zero-order valence-electron chi connectivity index (χ0n) is 9.77. The third kappa shape index (κ3) is 2.34. The fourth-order valence-electron chi connectivity index (χ4n) is 1.76. The Labute approximate surface area is 113 Å². The van der Waals surface area contributed by atoms with Crippen LogP contribution in [0.25, 0.3) is 0 Å². The van der Waals surface area contributed by atoms with Crippen molar-refractivity contribution in [3.8, 4) is 11.5 Å². The molecule has 2 aromatic rings. The van der Waals surface area contributed by atoms with E-state index in [0.29, 0.717) is 41.0 Å². The quantitative estimate of drug-likeness (QED) is 0.882. The van der Waals surface area contributed by atoms with Crippen molar-refractivity contribution in [3.05, 3.63) is 35.1 Å². The number of ether oxygens (including phenoxy) is 2. The fraction of sp³-hybridized carbons (Fsp3) is 0.167. The Hall–Kier alpha value is -2.21. The summed E-state index contributed by atoms with van der Waals surface area (Å²) in [5.74, 6) is 0.671. The molecular formula is C12H10ClN3O3. The number of H-pyrrole nitrogens is 1. The third-order valence-corrected chi connectivity index (χ3v) is 2.90. The van der Waals surface area contributed by atoms with Gasteiger partial charge in [-0.1, -0.05) is 11.6 Å². The van der Waals surface area contributed by atoms with Crippen molar-refractivity contribution in [1.29, 1.82) is 0 Å². The van der Waals surface area contributed by atoms with E-state index in [1.54, 1.807) is 18.3 Å². The summed E-state index contributed by atoms with van der Waals surface area (Å²) in [5.41, 5.74) is 0.978. The van der Waals surface area contributed by atoms with Crippen LogP contribution >= 0.6 is 11.6 Å². The largest absolute Gasteiger partial charge is 0.486 e. The van der Waals surface area contributed by atoms with Crippen molar-refractivity contribution in [2.24, 2.45) is 0 Å². The average molecular weight is 280 g/mol. The number of fused-ring (bicyclic) bond motifs is 1. The van der Waals surface area contributed by atoms with Crippen LogP contribution in [0.1, 0.15) is 10.4 Å². The second kappa shape index (κ2) is 4.81.